The fourth-order valence-electron chi connectivity index (χ4n) is 4.12. The Balaban J connectivity index is 0.00000161. The highest BCUT2D eigenvalue weighted by Crippen LogP contribution is 2.57. The lowest BCUT2D eigenvalue weighted by atomic mass is 9.97. The Morgan fingerprint density at radius 2 is 1.94 bits per heavy atom. The number of esters is 1. The SMILES string of the molecule is C=CCCCCN(C)C(=O)[C@@H]1C[C@@H](O)CN1C(=O)C[C@]1(C(=O)OCC)C[C@H]1C=C.ClCCl. The number of nitrogens with zero attached hydrogens (tertiary/aromatic N) is 2. The molecule has 1 N–H and O–H groups in total. The summed E-state index contributed by atoms with van der Waals surface area (Å²) < 4.78 is 5.17. The van der Waals surface area contributed by atoms with Gasteiger partial charge < -0.3 is 19.6 Å². The van der Waals surface area contributed by atoms with E-state index in [-0.39, 0.29) is 55.0 Å². The first-order chi connectivity index (χ1) is 15.2. The molecule has 0 aromatic carbocycles. The fourth-order valence-corrected chi connectivity index (χ4v) is 4.12. The molecule has 0 spiro atoms. The van der Waals surface area contributed by atoms with Crippen LogP contribution in [-0.2, 0) is 19.1 Å². The monoisotopic (exact) mass is 490 g/mol. The molecular weight excluding hydrogens is 455 g/mol. The second kappa shape index (κ2) is 13.9. The molecule has 2 amide bonds. The van der Waals surface area contributed by atoms with Crippen LogP contribution in [0.4, 0.5) is 0 Å². The minimum absolute atomic E-state index is 0.0257. The number of aliphatic hydroxyl groups is 1. The van der Waals surface area contributed by atoms with Crippen molar-refractivity contribution in [1.82, 2.24) is 9.80 Å². The van der Waals surface area contributed by atoms with Gasteiger partial charge in [-0.1, -0.05) is 12.2 Å². The fraction of sp³-hybridized carbons (Fsp3) is 0.696. The zero-order chi connectivity index (χ0) is 24.3. The molecule has 182 valence electrons. The number of rotatable bonds is 11. The normalized spacial score (nSPS) is 25.9. The van der Waals surface area contributed by atoms with Crippen molar-refractivity contribution in [3.8, 4) is 0 Å². The molecule has 2 rings (SSSR count). The Morgan fingerprint density at radius 1 is 1.28 bits per heavy atom. The number of amides is 2. The summed E-state index contributed by atoms with van der Waals surface area (Å²) in [6.45, 7) is 10.1. The number of aliphatic hydroxyl groups excluding tert-OH is 1. The Bertz CT molecular complexity index is 675. The van der Waals surface area contributed by atoms with Crippen LogP contribution in [0.25, 0.3) is 0 Å². The lowest BCUT2D eigenvalue weighted by Gasteiger charge is -2.29. The summed E-state index contributed by atoms with van der Waals surface area (Å²) in [6, 6.07) is -0.693. The van der Waals surface area contributed by atoms with Crippen molar-refractivity contribution in [1.29, 1.82) is 0 Å². The average Bonchev–Trinajstić information content (AvgIpc) is 3.34. The van der Waals surface area contributed by atoms with E-state index in [9.17, 15) is 19.5 Å². The number of alkyl halides is 2. The second-order valence-corrected chi connectivity index (χ2v) is 9.00. The van der Waals surface area contributed by atoms with Gasteiger partial charge in [-0.2, -0.15) is 0 Å². The third kappa shape index (κ3) is 7.49. The van der Waals surface area contributed by atoms with Crippen molar-refractivity contribution in [2.45, 2.75) is 57.6 Å². The number of halogens is 2. The van der Waals surface area contributed by atoms with Crippen molar-refractivity contribution >= 4 is 41.0 Å². The van der Waals surface area contributed by atoms with Crippen LogP contribution < -0.4 is 0 Å². The Labute approximate surface area is 201 Å². The standard InChI is InChI=1S/C22H34N2O5.CH2Cl2/c1-5-8-9-10-11-23(4)20(27)18-12-17(25)15-24(18)19(26)14-22(13-16(22)6-2)21(28)29-7-3;2-1-3/h5-6,16-18,25H,1-2,7-15H2,3-4H3;1H2/t16-,17-,18+,22-;/m1./s1. The summed E-state index contributed by atoms with van der Waals surface area (Å²) in [5.74, 6) is -0.952. The zero-order valence-corrected chi connectivity index (χ0v) is 20.6. The lowest BCUT2D eigenvalue weighted by Crippen LogP contribution is -2.47. The van der Waals surface area contributed by atoms with Gasteiger partial charge in [-0.05, 0) is 38.5 Å². The van der Waals surface area contributed by atoms with E-state index in [1.165, 1.54) is 4.90 Å². The molecule has 32 heavy (non-hydrogen) atoms. The van der Waals surface area contributed by atoms with Gasteiger partial charge >= 0.3 is 5.97 Å². The molecule has 0 aromatic heterocycles. The molecule has 2 fully saturated rings. The summed E-state index contributed by atoms with van der Waals surface area (Å²) >= 11 is 9.53. The minimum Gasteiger partial charge on any atom is -0.466 e. The van der Waals surface area contributed by atoms with Crippen LogP contribution in [-0.4, -0.2) is 76.9 Å². The maximum absolute atomic E-state index is 13.0. The number of allylic oxidation sites excluding steroid dienone is 2. The highest BCUT2D eigenvalue weighted by atomic mass is 35.5. The maximum atomic E-state index is 13.0. The van der Waals surface area contributed by atoms with Crippen LogP contribution in [0.15, 0.2) is 25.3 Å². The number of likely N-dealkylation sites (tertiary alicyclic amines) is 1. The first-order valence-electron chi connectivity index (χ1n) is 11.0. The van der Waals surface area contributed by atoms with Crippen LogP contribution >= 0.6 is 23.2 Å². The highest BCUT2D eigenvalue weighted by Gasteiger charge is 2.61. The van der Waals surface area contributed by atoms with Crippen molar-refractivity contribution in [2.24, 2.45) is 11.3 Å². The quantitative estimate of drug-likeness (QED) is 0.207. The van der Waals surface area contributed by atoms with Gasteiger partial charge in [-0.15, -0.1) is 36.4 Å². The van der Waals surface area contributed by atoms with Crippen LogP contribution in [0.5, 0.6) is 0 Å². The number of likely N-dealkylation sites (N-methyl/N-ethyl adjacent to an activating group) is 1. The van der Waals surface area contributed by atoms with Crippen molar-refractivity contribution in [3.63, 3.8) is 0 Å². The van der Waals surface area contributed by atoms with E-state index in [4.69, 9.17) is 27.9 Å². The van der Waals surface area contributed by atoms with Gasteiger partial charge in [0.25, 0.3) is 0 Å². The lowest BCUT2D eigenvalue weighted by molar-refractivity contribution is -0.154. The summed E-state index contributed by atoms with van der Waals surface area (Å²) in [6.07, 6.45) is 6.21. The number of unbranched alkanes of at least 4 members (excludes halogenated alkanes) is 2. The van der Waals surface area contributed by atoms with Gasteiger partial charge in [0.15, 0.2) is 0 Å². The van der Waals surface area contributed by atoms with E-state index < -0.39 is 17.6 Å². The molecule has 2 aliphatic rings. The van der Waals surface area contributed by atoms with Gasteiger partial charge in [0.2, 0.25) is 11.8 Å². The highest BCUT2D eigenvalue weighted by molar-refractivity contribution is 6.40. The molecular formula is C23H36Cl2N2O5. The molecule has 1 saturated heterocycles. The molecule has 9 heteroatoms. The predicted octanol–water partition coefficient (Wildman–Crippen LogP) is 3.33. The first kappa shape index (κ1) is 28.5. The van der Waals surface area contributed by atoms with E-state index in [1.807, 2.05) is 6.08 Å². The molecule has 0 bridgehead atoms. The molecule has 4 atom stereocenters. The van der Waals surface area contributed by atoms with Gasteiger partial charge in [0, 0.05) is 33.0 Å². The van der Waals surface area contributed by atoms with E-state index in [0.717, 1.165) is 19.3 Å². The average molecular weight is 491 g/mol. The summed E-state index contributed by atoms with van der Waals surface area (Å²) in [5.41, 5.74) is -0.882. The molecule has 1 aliphatic carbocycles. The third-order valence-corrected chi connectivity index (χ3v) is 5.98. The number of β-amino-alcohol motifs (C(OH)–C–C–N with tert-alkyl or cyclic N) is 1. The predicted molar refractivity (Wildman–Crippen MR) is 126 cm³/mol. The van der Waals surface area contributed by atoms with Crippen LogP contribution in [0, 0.1) is 11.3 Å². The first-order valence-corrected chi connectivity index (χ1v) is 12.0. The molecule has 0 radical (unpaired) electrons. The largest absolute Gasteiger partial charge is 0.466 e. The topological polar surface area (TPSA) is 87.2 Å². The van der Waals surface area contributed by atoms with Gasteiger partial charge in [0.05, 0.1) is 23.5 Å². The van der Waals surface area contributed by atoms with Crippen LogP contribution in [0.3, 0.4) is 0 Å². The summed E-state index contributed by atoms with van der Waals surface area (Å²) in [7, 11) is 1.72. The Hall–Kier alpha value is -1.57. The van der Waals surface area contributed by atoms with Crippen molar-refractivity contribution in [2.75, 3.05) is 32.1 Å². The number of hydrogen-bond donors (Lipinski definition) is 1. The minimum atomic E-state index is -0.882. The maximum Gasteiger partial charge on any atom is 0.313 e. The van der Waals surface area contributed by atoms with Gasteiger partial charge in [0.1, 0.15) is 6.04 Å². The third-order valence-electron chi connectivity index (χ3n) is 5.98. The Morgan fingerprint density at radius 3 is 2.47 bits per heavy atom. The molecule has 1 saturated carbocycles. The van der Waals surface area contributed by atoms with Crippen molar-refractivity contribution in [3.05, 3.63) is 25.3 Å². The van der Waals surface area contributed by atoms with Gasteiger partial charge in [-0.3, -0.25) is 14.4 Å². The molecule has 0 aromatic rings. The molecule has 7 nitrogen and oxygen atoms in total. The zero-order valence-electron chi connectivity index (χ0n) is 19.1. The van der Waals surface area contributed by atoms with Gasteiger partial charge in [-0.25, -0.2) is 0 Å². The van der Waals surface area contributed by atoms with Crippen LogP contribution in [0.1, 0.15) is 45.4 Å². The molecule has 0 unspecified atom stereocenters. The van der Waals surface area contributed by atoms with E-state index in [2.05, 4.69) is 13.2 Å². The summed E-state index contributed by atoms with van der Waals surface area (Å²) in [5, 5.41) is 10.3. The van der Waals surface area contributed by atoms with E-state index in [0.29, 0.717) is 13.0 Å². The number of carbonyl (C=O) groups excluding carboxylic acids is 3. The molecule has 1 aliphatic heterocycles. The van der Waals surface area contributed by atoms with Crippen molar-refractivity contribution < 1.29 is 24.2 Å². The number of ether oxygens (including phenoxy) is 1. The smallest absolute Gasteiger partial charge is 0.313 e. The number of carbonyl (C=O) groups is 3. The Kier molecular flexibility index (Phi) is 12.3. The second-order valence-electron chi connectivity index (χ2n) is 8.20. The number of hydrogen-bond acceptors (Lipinski definition) is 5. The van der Waals surface area contributed by atoms with Crippen LogP contribution in [0.2, 0.25) is 0 Å². The van der Waals surface area contributed by atoms with E-state index in [1.54, 1.807) is 24.9 Å². The summed E-state index contributed by atoms with van der Waals surface area (Å²) in [4.78, 5) is 41.4. The van der Waals surface area contributed by atoms with E-state index >= 15 is 0 Å². The molecule has 1 heterocycles.